The fourth-order valence-electron chi connectivity index (χ4n) is 3.69. The maximum Gasteiger partial charge on any atom is 0.0812 e. The Bertz CT molecular complexity index is 469. The van der Waals surface area contributed by atoms with Crippen LogP contribution in [0.1, 0.15) is 57.4 Å². The van der Waals surface area contributed by atoms with Crippen molar-refractivity contribution in [1.82, 2.24) is 4.57 Å². The van der Waals surface area contributed by atoms with Gasteiger partial charge in [-0.3, -0.25) is 0 Å². The molecule has 0 aromatic carbocycles. The van der Waals surface area contributed by atoms with Crippen molar-refractivity contribution >= 4 is 0 Å². The molecule has 1 unspecified atom stereocenters. The second-order valence-electron chi connectivity index (χ2n) is 7.26. The van der Waals surface area contributed by atoms with Gasteiger partial charge in [-0.25, -0.2) is 0 Å². The van der Waals surface area contributed by atoms with Crippen molar-refractivity contribution in [3.05, 3.63) is 23.5 Å². The number of aromatic nitrogens is 1. The maximum absolute atomic E-state index is 10.4. The molecule has 1 atom stereocenters. The van der Waals surface area contributed by atoms with Gasteiger partial charge < -0.3 is 14.4 Å². The molecule has 0 amide bonds. The Morgan fingerprint density at radius 2 is 1.95 bits per heavy atom. The van der Waals surface area contributed by atoms with E-state index in [2.05, 4.69) is 37.6 Å². The quantitative estimate of drug-likeness (QED) is 0.845. The summed E-state index contributed by atoms with van der Waals surface area (Å²) in [5.74, 6) is 0. The third kappa shape index (κ3) is 2.23. The van der Waals surface area contributed by atoms with Crippen LogP contribution < -0.4 is 0 Å². The van der Waals surface area contributed by atoms with Gasteiger partial charge in [0.05, 0.1) is 6.10 Å². The molecule has 3 nitrogen and oxygen atoms in total. The largest absolute Gasteiger partial charge is 0.388 e. The summed E-state index contributed by atoms with van der Waals surface area (Å²) in [7, 11) is 0. The first kappa shape index (κ1) is 13.2. The fraction of sp³-hybridized carbons (Fsp3) is 0.750. The molecule has 2 aliphatic rings. The maximum atomic E-state index is 10.4. The molecule has 0 spiro atoms. The van der Waals surface area contributed by atoms with E-state index in [0.29, 0.717) is 0 Å². The zero-order valence-electron chi connectivity index (χ0n) is 12.3. The van der Waals surface area contributed by atoms with E-state index >= 15 is 0 Å². The molecular weight excluding hydrogens is 238 g/mol. The first-order valence-corrected chi connectivity index (χ1v) is 7.38. The van der Waals surface area contributed by atoms with Crippen molar-refractivity contribution in [1.29, 1.82) is 0 Å². The van der Waals surface area contributed by atoms with Gasteiger partial charge in [0.25, 0.3) is 0 Å². The number of hydrogen-bond donors (Lipinski definition) is 1. The number of aliphatic hydroxyl groups is 1. The first-order valence-electron chi connectivity index (χ1n) is 7.38. The molecular formula is C16H25NO2. The predicted molar refractivity (Wildman–Crippen MR) is 75.2 cm³/mol. The van der Waals surface area contributed by atoms with Gasteiger partial charge in [-0.05, 0) is 44.1 Å². The molecule has 3 heteroatoms. The summed E-state index contributed by atoms with van der Waals surface area (Å²) in [5.41, 5.74) is 2.82. The topological polar surface area (TPSA) is 34.4 Å². The standard InChI is InChI=1S/C16H25NO2/c1-15(2)10-13-12(14(18)11-15)4-7-17(13)16(3)5-8-19-9-6-16/h4,7,14,18H,5-6,8-11H2,1-3H3. The molecule has 1 aromatic heterocycles. The van der Waals surface area contributed by atoms with E-state index in [9.17, 15) is 5.11 Å². The summed E-state index contributed by atoms with van der Waals surface area (Å²) in [6.45, 7) is 8.51. The van der Waals surface area contributed by atoms with Crippen LogP contribution in [0, 0.1) is 5.41 Å². The molecule has 0 saturated carbocycles. The number of hydrogen-bond acceptors (Lipinski definition) is 2. The molecule has 1 aliphatic carbocycles. The summed E-state index contributed by atoms with van der Waals surface area (Å²) >= 11 is 0. The van der Waals surface area contributed by atoms with Crippen molar-refractivity contribution in [2.75, 3.05) is 13.2 Å². The minimum Gasteiger partial charge on any atom is -0.388 e. The molecule has 0 radical (unpaired) electrons. The van der Waals surface area contributed by atoms with Gasteiger partial charge in [0.2, 0.25) is 0 Å². The highest BCUT2D eigenvalue weighted by Crippen LogP contribution is 2.43. The van der Waals surface area contributed by atoms with Crippen LogP contribution >= 0.6 is 0 Å². The highest BCUT2D eigenvalue weighted by Gasteiger charge is 2.37. The van der Waals surface area contributed by atoms with Crippen molar-refractivity contribution in [2.24, 2.45) is 5.41 Å². The molecule has 2 heterocycles. The minimum atomic E-state index is -0.302. The summed E-state index contributed by atoms with van der Waals surface area (Å²) in [6.07, 6.45) is 5.92. The van der Waals surface area contributed by atoms with Crippen molar-refractivity contribution in [3.63, 3.8) is 0 Å². The van der Waals surface area contributed by atoms with Crippen molar-refractivity contribution in [2.45, 2.75) is 58.1 Å². The van der Waals surface area contributed by atoms with Gasteiger partial charge in [-0.2, -0.15) is 0 Å². The highest BCUT2D eigenvalue weighted by molar-refractivity contribution is 5.30. The third-order valence-corrected chi connectivity index (χ3v) is 4.93. The smallest absolute Gasteiger partial charge is 0.0812 e. The van der Waals surface area contributed by atoms with Crippen LogP contribution in [0.5, 0.6) is 0 Å². The lowest BCUT2D eigenvalue weighted by Gasteiger charge is -2.40. The molecule has 3 rings (SSSR count). The Morgan fingerprint density at radius 1 is 1.26 bits per heavy atom. The molecule has 0 bridgehead atoms. The van der Waals surface area contributed by atoms with Crippen molar-refractivity contribution in [3.8, 4) is 0 Å². The summed E-state index contributed by atoms with van der Waals surface area (Å²) < 4.78 is 7.93. The highest BCUT2D eigenvalue weighted by atomic mass is 16.5. The van der Waals surface area contributed by atoms with E-state index in [1.807, 2.05) is 0 Å². The molecule has 106 valence electrons. The molecule has 1 fully saturated rings. The van der Waals surface area contributed by atoms with Crippen LogP contribution in [0.4, 0.5) is 0 Å². The van der Waals surface area contributed by atoms with Crippen LogP contribution in [-0.4, -0.2) is 22.9 Å². The Kier molecular flexibility index (Phi) is 3.02. The Balaban J connectivity index is 2.01. The Morgan fingerprint density at radius 3 is 2.63 bits per heavy atom. The molecule has 1 aromatic rings. The van der Waals surface area contributed by atoms with E-state index in [4.69, 9.17) is 4.74 Å². The van der Waals surface area contributed by atoms with Crippen LogP contribution in [0.25, 0.3) is 0 Å². The second kappa shape index (κ2) is 4.35. The van der Waals surface area contributed by atoms with Crippen molar-refractivity contribution < 1.29 is 9.84 Å². The predicted octanol–water partition coefficient (Wildman–Crippen LogP) is 3.02. The van der Waals surface area contributed by atoms with E-state index in [-0.39, 0.29) is 17.1 Å². The normalized spacial score (nSPS) is 28.9. The average molecular weight is 263 g/mol. The lowest BCUT2D eigenvalue weighted by molar-refractivity contribution is 0.0261. The number of aliphatic hydroxyl groups excluding tert-OH is 1. The monoisotopic (exact) mass is 263 g/mol. The van der Waals surface area contributed by atoms with Gasteiger partial charge in [-0.15, -0.1) is 0 Å². The summed E-state index contributed by atoms with van der Waals surface area (Å²) in [6, 6.07) is 2.12. The number of fused-ring (bicyclic) bond motifs is 1. The van der Waals surface area contributed by atoms with Gasteiger partial charge in [0, 0.05) is 36.2 Å². The summed E-state index contributed by atoms with van der Waals surface area (Å²) in [4.78, 5) is 0. The first-order chi connectivity index (χ1) is 8.91. The fourth-order valence-corrected chi connectivity index (χ4v) is 3.69. The minimum absolute atomic E-state index is 0.152. The number of rotatable bonds is 1. The zero-order chi connectivity index (χ0) is 13.7. The van der Waals surface area contributed by atoms with Crippen LogP contribution in [0.3, 0.4) is 0 Å². The molecule has 1 N–H and O–H groups in total. The molecule has 1 saturated heterocycles. The van der Waals surface area contributed by atoms with Crippen LogP contribution in [-0.2, 0) is 16.7 Å². The van der Waals surface area contributed by atoms with E-state index < -0.39 is 0 Å². The molecule has 1 aliphatic heterocycles. The SMILES string of the molecule is CC1(C)Cc2c(ccn2C2(C)CCOCC2)C(O)C1. The van der Waals surface area contributed by atoms with Crippen LogP contribution in [0.2, 0.25) is 0 Å². The second-order valence-corrected chi connectivity index (χ2v) is 7.26. The Hall–Kier alpha value is -0.800. The molecule has 19 heavy (non-hydrogen) atoms. The summed E-state index contributed by atoms with van der Waals surface area (Å²) in [5, 5.41) is 10.4. The van der Waals surface area contributed by atoms with E-state index in [1.54, 1.807) is 0 Å². The van der Waals surface area contributed by atoms with Gasteiger partial charge in [0.1, 0.15) is 0 Å². The zero-order valence-corrected chi connectivity index (χ0v) is 12.3. The average Bonchev–Trinajstić information content (AvgIpc) is 2.72. The van der Waals surface area contributed by atoms with E-state index in [1.165, 1.54) is 5.69 Å². The number of nitrogens with zero attached hydrogens (tertiary/aromatic N) is 1. The van der Waals surface area contributed by atoms with Gasteiger partial charge >= 0.3 is 0 Å². The lowest BCUT2D eigenvalue weighted by atomic mass is 9.75. The number of ether oxygens (including phenoxy) is 1. The van der Waals surface area contributed by atoms with E-state index in [0.717, 1.165) is 44.5 Å². The van der Waals surface area contributed by atoms with Crippen LogP contribution in [0.15, 0.2) is 12.3 Å². The van der Waals surface area contributed by atoms with Gasteiger partial charge in [-0.1, -0.05) is 13.8 Å². The van der Waals surface area contributed by atoms with Gasteiger partial charge in [0.15, 0.2) is 0 Å². The third-order valence-electron chi connectivity index (χ3n) is 4.93. The Labute approximate surface area is 115 Å². The lowest BCUT2D eigenvalue weighted by Crippen LogP contribution is -2.39.